The van der Waals surface area contributed by atoms with Crippen molar-refractivity contribution in [3.8, 4) is 0 Å². The topological polar surface area (TPSA) is 63.7 Å². The summed E-state index contributed by atoms with van der Waals surface area (Å²) in [6.07, 6.45) is 0. The number of methoxy groups -OCH3 is 1. The SMILES string of the molecule is COC(=O)c1sccc1S(=O)(=O)N(C)Cc1ccccc1C. The fourth-order valence-corrected chi connectivity index (χ4v) is 4.48. The highest BCUT2D eigenvalue weighted by Crippen LogP contribution is 2.26. The van der Waals surface area contributed by atoms with Gasteiger partial charge in [0, 0.05) is 13.6 Å². The van der Waals surface area contributed by atoms with Crippen LogP contribution in [0.2, 0.25) is 0 Å². The van der Waals surface area contributed by atoms with E-state index in [1.165, 1.54) is 24.5 Å². The molecule has 1 aromatic carbocycles. The number of rotatable bonds is 5. The number of aryl methyl sites for hydroxylation is 1. The third-order valence-corrected chi connectivity index (χ3v) is 6.21. The van der Waals surface area contributed by atoms with Gasteiger partial charge in [-0.15, -0.1) is 11.3 Å². The molecule has 0 spiro atoms. The van der Waals surface area contributed by atoms with E-state index in [-0.39, 0.29) is 16.3 Å². The van der Waals surface area contributed by atoms with E-state index in [2.05, 4.69) is 4.74 Å². The molecule has 22 heavy (non-hydrogen) atoms. The minimum atomic E-state index is -3.75. The summed E-state index contributed by atoms with van der Waals surface area (Å²) in [5.74, 6) is -0.641. The summed E-state index contributed by atoms with van der Waals surface area (Å²) in [6.45, 7) is 2.17. The number of thiophene rings is 1. The van der Waals surface area contributed by atoms with E-state index in [1.807, 2.05) is 31.2 Å². The summed E-state index contributed by atoms with van der Waals surface area (Å²) < 4.78 is 31.2. The molecule has 1 heterocycles. The standard InChI is InChI=1S/C15H17NO4S2/c1-11-6-4-5-7-12(11)10-16(2)22(18,19)13-8-9-21-14(13)15(17)20-3/h4-9H,10H2,1-3H3. The molecule has 0 aliphatic carbocycles. The fourth-order valence-electron chi connectivity index (χ4n) is 2.02. The van der Waals surface area contributed by atoms with Crippen LogP contribution in [0.3, 0.4) is 0 Å². The maximum Gasteiger partial charge on any atom is 0.349 e. The summed E-state index contributed by atoms with van der Waals surface area (Å²) in [5.41, 5.74) is 1.94. The average Bonchev–Trinajstić information content (AvgIpc) is 2.99. The van der Waals surface area contributed by atoms with E-state index in [0.717, 1.165) is 22.5 Å². The van der Waals surface area contributed by atoms with Gasteiger partial charge in [-0.1, -0.05) is 24.3 Å². The van der Waals surface area contributed by atoms with Crippen molar-refractivity contribution in [2.75, 3.05) is 14.2 Å². The van der Waals surface area contributed by atoms with E-state index >= 15 is 0 Å². The minimum absolute atomic E-state index is 0.0135. The molecule has 1 aromatic heterocycles. The number of hydrogen-bond acceptors (Lipinski definition) is 5. The van der Waals surface area contributed by atoms with Gasteiger partial charge in [0.05, 0.1) is 7.11 Å². The molecule has 0 bridgehead atoms. The number of nitrogens with zero attached hydrogens (tertiary/aromatic N) is 1. The van der Waals surface area contributed by atoms with E-state index in [9.17, 15) is 13.2 Å². The highest BCUT2D eigenvalue weighted by molar-refractivity contribution is 7.89. The number of carbonyl (C=O) groups excluding carboxylic acids is 1. The first-order valence-corrected chi connectivity index (χ1v) is 8.86. The Kier molecular flexibility index (Phi) is 5.00. The Morgan fingerprint density at radius 1 is 1.27 bits per heavy atom. The van der Waals surface area contributed by atoms with Gasteiger partial charge in [-0.25, -0.2) is 13.2 Å². The molecular weight excluding hydrogens is 322 g/mol. The van der Waals surface area contributed by atoms with Crippen molar-refractivity contribution < 1.29 is 17.9 Å². The van der Waals surface area contributed by atoms with Crippen LogP contribution in [0.15, 0.2) is 40.6 Å². The van der Waals surface area contributed by atoms with Crippen molar-refractivity contribution in [2.45, 2.75) is 18.4 Å². The normalized spacial score (nSPS) is 11.6. The Morgan fingerprint density at radius 2 is 1.95 bits per heavy atom. The van der Waals surface area contributed by atoms with E-state index in [4.69, 9.17) is 0 Å². The van der Waals surface area contributed by atoms with Crippen LogP contribution in [0.4, 0.5) is 0 Å². The lowest BCUT2D eigenvalue weighted by molar-refractivity contribution is 0.0602. The molecule has 0 aliphatic rings. The van der Waals surface area contributed by atoms with Crippen LogP contribution in [-0.4, -0.2) is 32.8 Å². The van der Waals surface area contributed by atoms with Gasteiger partial charge in [0.25, 0.3) is 0 Å². The van der Waals surface area contributed by atoms with Crippen molar-refractivity contribution in [1.29, 1.82) is 0 Å². The quantitative estimate of drug-likeness (QED) is 0.786. The monoisotopic (exact) mass is 339 g/mol. The predicted octanol–water partition coefficient (Wildman–Crippen LogP) is 2.66. The second-order valence-electron chi connectivity index (χ2n) is 4.79. The van der Waals surface area contributed by atoms with Gasteiger partial charge in [0.15, 0.2) is 0 Å². The van der Waals surface area contributed by atoms with E-state index in [1.54, 1.807) is 5.38 Å². The van der Waals surface area contributed by atoms with Gasteiger partial charge >= 0.3 is 5.97 Å². The Balaban J connectivity index is 2.33. The minimum Gasteiger partial charge on any atom is -0.465 e. The van der Waals surface area contributed by atoms with E-state index < -0.39 is 16.0 Å². The first-order valence-electron chi connectivity index (χ1n) is 6.54. The second-order valence-corrected chi connectivity index (χ2v) is 7.72. The zero-order valence-electron chi connectivity index (χ0n) is 12.6. The number of esters is 1. The lowest BCUT2D eigenvalue weighted by Gasteiger charge is -2.18. The third-order valence-electron chi connectivity index (χ3n) is 3.34. The highest BCUT2D eigenvalue weighted by Gasteiger charge is 2.28. The molecule has 0 aliphatic heterocycles. The van der Waals surface area contributed by atoms with Crippen molar-refractivity contribution in [3.63, 3.8) is 0 Å². The van der Waals surface area contributed by atoms with Gasteiger partial charge in [0.2, 0.25) is 10.0 Å². The Bertz CT molecular complexity index is 780. The molecule has 0 radical (unpaired) electrons. The summed E-state index contributed by atoms with van der Waals surface area (Å²) in [6, 6.07) is 9.02. The van der Waals surface area contributed by atoms with Crippen LogP contribution in [0.5, 0.6) is 0 Å². The van der Waals surface area contributed by atoms with Crippen LogP contribution >= 0.6 is 11.3 Å². The predicted molar refractivity (Wildman–Crippen MR) is 85.5 cm³/mol. The van der Waals surface area contributed by atoms with Gasteiger partial charge in [-0.05, 0) is 29.5 Å². The van der Waals surface area contributed by atoms with Crippen molar-refractivity contribution in [2.24, 2.45) is 0 Å². The maximum absolute atomic E-state index is 12.7. The van der Waals surface area contributed by atoms with Gasteiger partial charge in [-0.3, -0.25) is 0 Å². The number of carbonyl (C=O) groups is 1. The highest BCUT2D eigenvalue weighted by atomic mass is 32.2. The Labute approximate surface area is 134 Å². The number of sulfonamides is 1. The van der Waals surface area contributed by atoms with Crippen LogP contribution in [0, 0.1) is 6.92 Å². The Morgan fingerprint density at radius 3 is 2.59 bits per heavy atom. The molecule has 0 unspecified atom stereocenters. The third kappa shape index (κ3) is 3.21. The summed E-state index contributed by atoms with van der Waals surface area (Å²) >= 11 is 1.06. The van der Waals surface area contributed by atoms with E-state index in [0.29, 0.717) is 0 Å². The molecule has 0 fully saturated rings. The van der Waals surface area contributed by atoms with Crippen LogP contribution in [0.25, 0.3) is 0 Å². The molecule has 2 aromatic rings. The van der Waals surface area contributed by atoms with Crippen LogP contribution in [0.1, 0.15) is 20.8 Å². The lowest BCUT2D eigenvalue weighted by atomic mass is 10.1. The van der Waals surface area contributed by atoms with Crippen molar-refractivity contribution in [3.05, 3.63) is 51.7 Å². The molecule has 118 valence electrons. The fraction of sp³-hybridized carbons (Fsp3) is 0.267. The van der Waals surface area contributed by atoms with Crippen molar-refractivity contribution >= 4 is 27.3 Å². The lowest BCUT2D eigenvalue weighted by Crippen LogP contribution is -2.27. The summed E-state index contributed by atoms with van der Waals surface area (Å²) in [4.78, 5) is 11.8. The maximum atomic E-state index is 12.7. The van der Waals surface area contributed by atoms with Crippen LogP contribution < -0.4 is 0 Å². The average molecular weight is 339 g/mol. The molecular formula is C15H17NO4S2. The summed E-state index contributed by atoms with van der Waals surface area (Å²) in [5, 5.41) is 1.57. The largest absolute Gasteiger partial charge is 0.465 e. The van der Waals surface area contributed by atoms with Crippen molar-refractivity contribution in [1.82, 2.24) is 4.31 Å². The zero-order valence-corrected chi connectivity index (χ0v) is 14.2. The second kappa shape index (κ2) is 6.60. The molecule has 0 saturated heterocycles. The number of hydrogen-bond donors (Lipinski definition) is 0. The van der Waals surface area contributed by atoms with Gasteiger partial charge in [-0.2, -0.15) is 4.31 Å². The molecule has 2 rings (SSSR count). The first-order chi connectivity index (χ1) is 10.4. The molecule has 0 saturated carbocycles. The van der Waals surface area contributed by atoms with Gasteiger partial charge in [0.1, 0.15) is 9.77 Å². The Hall–Kier alpha value is -1.70. The molecule has 0 N–H and O–H groups in total. The number of ether oxygens (including phenoxy) is 1. The zero-order chi connectivity index (χ0) is 16.3. The smallest absolute Gasteiger partial charge is 0.349 e. The summed E-state index contributed by atoms with van der Waals surface area (Å²) in [7, 11) is -1.02. The van der Waals surface area contributed by atoms with Gasteiger partial charge < -0.3 is 4.74 Å². The molecule has 0 atom stereocenters. The molecule has 5 nitrogen and oxygen atoms in total. The first kappa shape index (κ1) is 16.7. The molecule has 7 heteroatoms. The molecule has 0 amide bonds. The number of benzene rings is 1. The van der Waals surface area contributed by atoms with Crippen LogP contribution in [-0.2, 0) is 21.3 Å².